The van der Waals surface area contributed by atoms with E-state index in [1.54, 1.807) is 0 Å². The fourth-order valence-electron chi connectivity index (χ4n) is 6.69. The van der Waals surface area contributed by atoms with Crippen molar-refractivity contribution in [2.45, 2.75) is 65.3 Å². The van der Waals surface area contributed by atoms with Gasteiger partial charge in [0.2, 0.25) is 0 Å². The summed E-state index contributed by atoms with van der Waals surface area (Å²) in [7, 11) is -2.59. The fraction of sp³-hybridized carbons (Fsp3) is 0.500. The molecule has 2 aliphatic rings. The molecule has 0 spiro atoms. The Morgan fingerprint density at radius 2 is 1.58 bits per heavy atom. The summed E-state index contributed by atoms with van der Waals surface area (Å²) < 4.78 is 7.25. The lowest BCUT2D eigenvalue weighted by atomic mass is 9.56. The van der Waals surface area contributed by atoms with Crippen LogP contribution in [0.5, 0.6) is 0 Å². The summed E-state index contributed by atoms with van der Waals surface area (Å²) in [5.41, 5.74) is 1.43. The first-order valence-electron chi connectivity index (χ1n) is 12.6. The maximum absolute atomic E-state index is 12.3. The normalized spacial score (nSPS) is 28.0. The number of rotatable bonds is 6. The summed E-state index contributed by atoms with van der Waals surface area (Å²) in [6.07, 6.45) is 8.61. The van der Waals surface area contributed by atoms with E-state index in [9.17, 15) is 4.79 Å². The van der Waals surface area contributed by atoms with Gasteiger partial charge in [0.25, 0.3) is 8.32 Å². The zero-order chi connectivity index (χ0) is 23.7. The first-order valence-corrected chi connectivity index (χ1v) is 14.6. The standard InChI is InChI=1S/C30H40O2Si/c1-23-24(20-30(5)19-13-12-18-28(30)27(23)21-31)22-32-33(29(2,3)4,25-14-8-6-9-15-25)26-16-10-7-11-17-26/h6-11,14-17,20-21,23,27-28H,12-13,18-19,22H2,1-5H3/t23-,27-,28-,30+/m1/s1. The van der Waals surface area contributed by atoms with E-state index in [1.165, 1.54) is 47.9 Å². The minimum absolute atomic E-state index is 0.0461. The Kier molecular flexibility index (Phi) is 6.84. The van der Waals surface area contributed by atoms with Crippen LogP contribution in [-0.2, 0) is 9.22 Å². The molecule has 0 unspecified atom stereocenters. The summed E-state index contributed by atoms with van der Waals surface area (Å²) in [6, 6.07) is 21.7. The number of fused-ring (bicyclic) bond motifs is 1. The number of benzene rings is 2. The molecule has 0 amide bonds. The van der Waals surface area contributed by atoms with Crippen molar-refractivity contribution < 1.29 is 9.22 Å². The van der Waals surface area contributed by atoms with E-state index in [1.807, 2.05) is 0 Å². The maximum atomic E-state index is 12.3. The van der Waals surface area contributed by atoms with Gasteiger partial charge in [-0.2, -0.15) is 0 Å². The summed E-state index contributed by atoms with van der Waals surface area (Å²) in [5, 5.41) is 2.57. The van der Waals surface area contributed by atoms with Gasteiger partial charge in [-0.15, -0.1) is 0 Å². The molecule has 0 radical (unpaired) electrons. The van der Waals surface area contributed by atoms with Gasteiger partial charge in [0.15, 0.2) is 0 Å². The monoisotopic (exact) mass is 460 g/mol. The van der Waals surface area contributed by atoms with Crippen molar-refractivity contribution in [3.63, 3.8) is 0 Å². The molecular weight excluding hydrogens is 420 g/mol. The van der Waals surface area contributed by atoms with Crippen molar-refractivity contribution in [1.82, 2.24) is 0 Å². The van der Waals surface area contributed by atoms with Crippen molar-refractivity contribution in [2.75, 3.05) is 6.61 Å². The van der Waals surface area contributed by atoms with E-state index in [4.69, 9.17) is 4.43 Å². The highest BCUT2D eigenvalue weighted by atomic mass is 28.4. The van der Waals surface area contributed by atoms with E-state index in [2.05, 4.69) is 101 Å². The molecule has 2 aromatic carbocycles. The molecule has 1 saturated carbocycles. The number of aldehydes is 1. The molecule has 3 heteroatoms. The van der Waals surface area contributed by atoms with Gasteiger partial charge in [0.1, 0.15) is 6.29 Å². The maximum Gasteiger partial charge on any atom is 0.261 e. The van der Waals surface area contributed by atoms with Gasteiger partial charge < -0.3 is 9.22 Å². The fourth-order valence-corrected chi connectivity index (χ4v) is 11.2. The van der Waals surface area contributed by atoms with Gasteiger partial charge in [0.05, 0.1) is 6.61 Å². The molecule has 0 saturated heterocycles. The number of carbonyl (C=O) groups excluding carboxylic acids is 1. The second kappa shape index (κ2) is 9.35. The summed E-state index contributed by atoms with van der Waals surface area (Å²) in [5.74, 6) is 0.797. The van der Waals surface area contributed by atoms with E-state index < -0.39 is 8.32 Å². The molecule has 0 bridgehead atoms. The third-order valence-corrected chi connectivity index (χ3v) is 13.5. The number of hydrogen-bond acceptors (Lipinski definition) is 2. The third-order valence-electron chi connectivity index (χ3n) is 8.50. The van der Waals surface area contributed by atoms with Gasteiger partial charge in [0, 0.05) is 5.92 Å². The van der Waals surface area contributed by atoms with Crippen molar-refractivity contribution in [3.8, 4) is 0 Å². The smallest absolute Gasteiger partial charge is 0.261 e. The molecule has 2 aliphatic carbocycles. The molecule has 4 atom stereocenters. The number of carbonyl (C=O) groups is 1. The lowest BCUT2D eigenvalue weighted by Gasteiger charge is -2.49. The topological polar surface area (TPSA) is 26.3 Å². The second-order valence-electron chi connectivity index (χ2n) is 11.5. The molecule has 0 N–H and O–H groups in total. The Bertz CT molecular complexity index is 936. The highest BCUT2D eigenvalue weighted by molar-refractivity contribution is 6.99. The predicted octanol–water partition coefficient (Wildman–Crippen LogP) is 6.15. The molecule has 0 heterocycles. The summed E-state index contributed by atoms with van der Waals surface area (Å²) in [6.45, 7) is 12.2. The second-order valence-corrected chi connectivity index (χ2v) is 15.8. The van der Waals surface area contributed by atoms with Crippen molar-refractivity contribution in [1.29, 1.82) is 0 Å². The molecule has 176 valence electrons. The largest absolute Gasteiger partial charge is 0.403 e. The minimum atomic E-state index is -2.59. The molecule has 33 heavy (non-hydrogen) atoms. The molecule has 0 aromatic heterocycles. The number of allylic oxidation sites excluding steroid dienone is 1. The van der Waals surface area contributed by atoms with Crippen LogP contribution >= 0.6 is 0 Å². The van der Waals surface area contributed by atoms with Crippen LogP contribution in [0.4, 0.5) is 0 Å². The van der Waals surface area contributed by atoms with E-state index in [-0.39, 0.29) is 22.3 Å². The van der Waals surface area contributed by atoms with Crippen LogP contribution in [0, 0.1) is 23.2 Å². The Morgan fingerprint density at radius 1 is 1.00 bits per heavy atom. The van der Waals surface area contributed by atoms with Gasteiger partial charge in [-0.3, -0.25) is 0 Å². The SMILES string of the molecule is C[C@@H]1C(CO[Si](c2ccccc2)(c2ccccc2)C(C)(C)C)=C[C@]2(C)CCCC[C@@H]2[C@@H]1C=O. The highest BCUT2D eigenvalue weighted by Gasteiger charge is 2.51. The van der Waals surface area contributed by atoms with Crippen molar-refractivity contribution >= 4 is 25.0 Å². The van der Waals surface area contributed by atoms with Crippen molar-refractivity contribution in [2.24, 2.45) is 23.2 Å². The first kappa shape index (κ1) is 24.2. The van der Waals surface area contributed by atoms with Crippen LogP contribution in [0.15, 0.2) is 72.3 Å². The molecular formula is C30H40O2Si. The van der Waals surface area contributed by atoms with Gasteiger partial charge in [-0.25, -0.2) is 0 Å². The van der Waals surface area contributed by atoms with Crippen LogP contribution in [0.3, 0.4) is 0 Å². The Hall–Kier alpha value is -1.97. The van der Waals surface area contributed by atoms with Crippen LogP contribution in [0.25, 0.3) is 0 Å². The quantitative estimate of drug-likeness (QED) is 0.293. The van der Waals surface area contributed by atoms with E-state index in [0.717, 1.165) is 0 Å². The van der Waals surface area contributed by atoms with E-state index in [0.29, 0.717) is 12.5 Å². The molecule has 2 aromatic rings. The Balaban J connectivity index is 1.77. The first-order chi connectivity index (χ1) is 15.7. The lowest BCUT2D eigenvalue weighted by molar-refractivity contribution is -0.116. The minimum Gasteiger partial charge on any atom is -0.403 e. The van der Waals surface area contributed by atoms with E-state index >= 15 is 0 Å². The van der Waals surface area contributed by atoms with Crippen LogP contribution < -0.4 is 10.4 Å². The van der Waals surface area contributed by atoms with Crippen LogP contribution in [0.1, 0.15) is 60.3 Å². The van der Waals surface area contributed by atoms with Gasteiger partial charge >= 0.3 is 0 Å². The zero-order valence-electron chi connectivity index (χ0n) is 21.0. The van der Waals surface area contributed by atoms with Crippen LogP contribution in [0.2, 0.25) is 5.04 Å². The Morgan fingerprint density at radius 3 is 2.09 bits per heavy atom. The third kappa shape index (κ3) is 4.30. The molecule has 0 aliphatic heterocycles. The summed E-state index contributed by atoms with van der Waals surface area (Å²) >= 11 is 0. The molecule has 2 nitrogen and oxygen atoms in total. The average Bonchev–Trinajstić information content (AvgIpc) is 2.80. The molecule has 1 fully saturated rings. The Labute approximate surface area is 201 Å². The average molecular weight is 461 g/mol. The van der Waals surface area contributed by atoms with Crippen molar-refractivity contribution in [3.05, 3.63) is 72.3 Å². The highest BCUT2D eigenvalue weighted by Crippen LogP contribution is 2.52. The lowest BCUT2D eigenvalue weighted by Crippen LogP contribution is -2.66. The summed E-state index contributed by atoms with van der Waals surface area (Å²) in [4.78, 5) is 12.3. The van der Waals surface area contributed by atoms with Crippen LogP contribution in [-0.4, -0.2) is 21.2 Å². The van der Waals surface area contributed by atoms with Gasteiger partial charge in [-0.05, 0) is 51.1 Å². The molecule has 4 rings (SSSR count). The van der Waals surface area contributed by atoms with Gasteiger partial charge in [-0.1, -0.05) is 114 Å². The number of hydrogen-bond donors (Lipinski definition) is 0. The predicted molar refractivity (Wildman–Crippen MR) is 140 cm³/mol. The zero-order valence-corrected chi connectivity index (χ0v) is 22.0.